The van der Waals surface area contributed by atoms with Crippen molar-refractivity contribution in [2.45, 2.75) is 50.5 Å². The smallest absolute Gasteiger partial charge is 0.324 e. The molecule has 0 bridgehead atoms. The summed E-state index contributed by atoms with van der Waals surface area (Å²) in [5, 5.41) is 9.15. The van der Waals surface area contributed by atoms with Gasteiger partial charge in [0.2, 0.25) is 0 Å². The summed E-state index contributed by atoms with van der Waals surface area (Å²) < 4.78 is 0. The summed E-state index contributed by atoms with van der Waals surface area (Å²) in [7, 11) is 0. The van der Waals surface area contributed by atoms with Crippen molar-refractivity contribution in [1.82, 2.24) is 0 Å². The molecular weight excluding hydrogens is 190 g/mol. The predicted octanol–water partition coefficient (Wildman–Crippen LogP) is 1.76. The van der Waals surface area contributed by atoms with Crippen molar-refractivity contribution in [3.05, 3.63) is 0 Å². The molecule has 0 amide bonds. The highest BCUT2D eigenvalue weighted by Gasteiger charge is 2.86. The Kier molecular flexibility index (Phi) is 1.77. The molecule has 3 N–H and O–H groups in total. The molecule has 0 aromatic carbocycles. The van der Waals surface area contributed by atoms with E-state index in [1.54, 1.807) is 0 Å². The molecule has 0 radical (unpaired) electrons. The molecule has 3 saturated carbocycles. The molecule has 3 rings (SSSR count). The first kappa shape index (κ1) is 9.64. The van der Waals surface area contributed by atoms with Gasteiger partial charge in [-0.2, -0.15) is 0 Å². The Bertz CT molecular complexity index is 301. The van der Waals surface area contributed by atoms with Gasteiger partial charge in [0.05, 0.1) is 0 Å². The molecule has 15 heavy (non-hydrogen) atoms. The van der Waals surface area contributed by atoms with Gasteiger partial charge in [-0.25, -0.2) is 0 Å². The molecule has 3 fully saturated rings. The van der Waals surface area contributed by atoms with Gasteiger partial charge in [0, 0.05) is 5.41 Å². The molecule has 3 atom stereocenters. The third kappa shape index (κ3) is 1.02. The zero-order valence-corrected chi connectivity index (χ0v) is 9.04. The molecule has 3 aliphatic rings. The van der Waals surface area contributed by atoms with E-state index in [0.29, 0.717) is 11.8 Å². The highest BCUT2D eigenvalue weighted by Crippen LogP contribution is 2.81. The van der Waals surface area contributed by atoms with Gasteiger partial charge in [0.25, 0.3) is 0 Å². The summed E-state index contributed by atoms with van der Waals surface area (Å²) in [6.07, 6.45) is 8.38. The van der Waals surface area contributed by atoms with E-state index in [1.807, 2.05) is 0 Å². The van der Waals surface area contributed by atoms with Gasteiger partial charge in [-0.05, 0) is 31.1 Å². The third-order valence-corrected chi connectivity index (χ3v) is 5.14. The van der Waals surface area contributed by atoms with E-state index in [0.717, 1.165) is 6.42 Å². The lowest BCUT2D eigenvalue weighted by Gasteiger charge is -2.05. The maximum Gasteiger partial charge on any atom is 0.324 e. The van der Waals surface area contributed by atoms with Crippen molar-refractivity contribution in [3.8, 4) is 0 Å². The van der Waals surface area contributed by atoms with Gasteiger partial charge in [0.1, 0.15) is 5.54 Å². The first-order valence-corrected chi connectivity index (χ1v) is 6.15. The Balaban J connectivity index is 1.78. The zero-order chi connectivity index (χ0) is 10.7. The van der Waals surface area contributed by atoms with Crippen molar-refractivity contribution in [2.24, 2.45) is 23.0 Å². The topological polar surface area (TPSA) is 63.3 Å². The number of carboxylic acids is 1. The van der Waals surface area contributed by atoms with Crippen LogP contribution in [0.3, 0.4) is 0 Å². The summed E-state index contributed by atoms with van der Waals surface area (Å²) in [5.41, 5.74) is 5.17. The van der Waals surface area contributed by atoms with Crippen molar-refractivity contribution >= 4 is 5.97 Å². The van der Waals surface area contributed by atoms with Gasteiger partial charge >= 0.3 is 5.97 Å². The van der Waals surface area contributed by atoms with Crippen LogP contribution < -0.4 is 5.73 Å². The van der Waals surface area contributed by atoms with Gasteiger partial charge in [0.15, 0.2) is 0 Å². The monoisotopic (exact) mass is 209 g/mol. The van der Waals surface area contributed by atoms with Crippen LogP contribution >= 0.6 is 0 Å². The van der Waals surface area contributed by atoms with Gasteiger partial charge in [-0.1, -0.05) is 25.7 Å². The maximum absolute atomic E-state index is 11.1. The normalized spacial score (nSPS) is 52.9. The standard InChI is InChI=1S/C12H19NO2/c13-12(10(14)15)7-11(12)8-5-3-1-2-4-6-9(8)11/h8-9H,1-7,13H2,(H,14,15). The van der Waals surface area contributed by atoms with Crippen molar-refractivity contribution in [2.75, 3.05) is 0 Å². The van der Waals surface area contributed by atoms with E-state index in [4.69, 9.17) is 10.8 Å². The first-order chi connectivity index (χ1) is 7.13. The fourth-order valence-corrected chi connectivity index (χ4v) is 4.22. The Labute approximate surface area is 90.0 Å². The number of carboxylic acid groups (broad SMARTS) is 1. The fourth-order valence-electron chi connectivity index (χ4n) is 4.22. The van der Waals surface area contributed by atoms with E-state index in [-0.39, 0.29) is 5.41 Å². The number of carbonyl (C=O) groups is 1. The highest BCUT2D eigenvalue weighted by atomic mass is 16.4. The van der Waals surface area contributed by atoms with Gasteiger partial charge in [-0.3, -0.25) is 4.79 Å². The molecule has 0 saturated heterocycles. The Morgan fingerprint density at radius 2 is 1.67 bits per heavy atom. The summed E-state index contributed by atoms with van der Waals surface area (Å²) >= 11 is 0. The molecular formula is C12H19NO2. The molecule has 1 spiro atoms. The minimum atomic E-state index is -0.854. The summed E-state index contributed by atoms with van der Waals surface area (Å²) in [6.45, 7) is 0. The van der Waals surface area contributed by atoms with Crippen LogP contribution in [0.25, 0.3) is 0 Å². The number of hydrogen-bond acceptors (Lipinski definition) is 2. The van der Waals surface area contributed by atoms with Crippen LogP contribution in [0.4, 0.5) is 0 Å². The lowest BCUT2D eigenvalue weighted by molar-refractivity contribution is -0.140. The van der Waals surface area contributed by atoms with E-state index in [2.05, 4.69) is 0 Å². The second kappa shape index (κ2) is 2.76. The number of aliphatic carboxylic acids is 1. The van der Waals surface area contributed by atoms with E-state index in [9.17, 15) is 4.79 Å². The van der Waals surface area contributed by atoms with Crippen LogP contribution in [0, 0.1) is 17.3 Å². The first-order valence-electron chi connectivity index (χ1n) is 6.15. The number of nitrogens with two attached hydrogens (primary N) is 1. The molecule has 3 heteroatoms. The highest BCUT2D eigenvalue weighted by molar-refractivity contribution is 5.86. The quantitative estimate of drug-likeness (QED) is 0.691. The van der Waals surface area contributed by atoms with Crippen molar-refractivity contribution in [1.29, 1.82) is 0 Å². The predicted molar refractivity (Wildman–Crippen MR) is 56.3 cm³/mol. The maximum atomic E-state index is 11.1. The van der Waals surface area contributed by atoms with Crippen LogP contribution in [0.5, 0.6) is 0 Å². The van der Waals surface area contributed by atoms with Crippen LogP contribution in [0.1, 0.15) is 44.9 Å². The van der Waals surface area contributed by atoms with E-state index in [1.165, 1.54) is 38.5 Å². The molecule has 84 valence electrons. The van der Waals surface area contributed by atoms with Crippen molar-refractivity contribution in [3.63, 3.8) is 0 Å². The molecule has 3 nitrogen and oxygen atoms in total. The Hall–Kier alpha value is -0.570. The largest absolute Gasteiger partial charge is 0.480 e. The molecule has 0 aromatic rings. The summed E-state index contributed by atoms with van der Waals surface area (Å²) in [6, 6.07) is 0. The number of rotatable bonds is 1. The van der Waals surface area contributed by atoms with Gasteiger partial charge < -0.3 is 10.8 Å². The minimum absolute atomic E-state index is 0.0309. The number of fused-ring (bicyclic) bond motifs is 3. The van der Waals surface area contributed by atoms with Crippen LogP contribution in [-0.2, 0) is 4.79 Å². The fraction of sp³-hybridized carbons (Fsp3) is 0.917. The second-order valence-corrected chi connectivity index (χ2v) is 5.70. The van der Waals surface area contributed by atoms with Crippen molar-refractivity contribution < 1.29 is 9.90 Å². The summed E-state index contributed by atoms with van der Waals surface area (Å²) in [4.78, 5) is 11.1. The molecule has 0 aromatic heterocycles. The lowest BCUT2D eigenvalue weighted by Crippen LogP contribution is -2.36. The molecule has 3 aliphatic carbocycles. The average molecular weight is 209 g/mol. The van der Waals surface area contributed by atoms with E-state index < -0.39 is 11.5 Å². The summed E-state index contributed by atoms with van der Waals surface area (Å²) in [5.74, 6) is 0.507. The zero-order valence-electron chi connectivity index (χ0n) is 9.04. The Morgan fingerprint density at radius 1 is 1.13 bits per heavy atom. The molecule has 0 heterocycles. The SMILES string of the molecule is NC1(C(=O)O)CC12C1CCCCCCC12. The minimum Gasteiger partial charge on any atom is -0.480 e. The van der Waals surface area contributed by atoms with E-state index >= 15 is 0 Å². The Morgan fingerprint density at radius 3 is 2.07 bits per heavy atom. The van der Waals surface area contributed by atoms with Crippen LogP contribution in [0.2, 0.25) is 0 Å². The number of hydrogen-bond donors (Lipinski definition) is 2. The van der Waals surface area contributed by atoms with Gasteiger partial charge in [-0.15, -0.1) is 0 Å². The molecule has 0 aliphatic heterocycles. The third-order valence-electron chi connectivity index (χ3n) is 5.14. The van der Waals surface area contributed by atoms with Crippen LogP contribution in [-0.4, -0.2) is 16.6 Å². The average Bonchev–Trinajstić information content (AvgIpc) is 2.90. The lowest BCUT2D eigenvalue weighted by atomic mass is 10.0. The molecule has 3 unspecified atom stereocenters. The second-order valence-electron chi connectivity index (χ2n) is 5.70. The van der Waals surface area contributed by atoms with Crippen LogP contribution in [0.15, 0.2) is 0 Å².